The van der Waals surface area contributed by atoms with Crippen molar-refractivity contribution in [2.45, 2.75) is 6.54 Å². The van der Waals surface area contributed by atoms with E-state index in [1.54, 1.807) is 6.07 Å². The average Bonchev–Trinajstić information content (AvgIpc) is 3.19. The number of non-ortho nitro benzene ring substituents is 1. The van der Waals surface area contributed by atoms with E-state index in [1.807, 2.05) is 42.5 Å². The molecule has 1 aliphatic rings. The summed E-state index contributed by atoms with van der Waals surface area (Å²) in [5.41, 5.74) is 4.30. The van der Waals surface area contributed by atoms with Gasteiger partial charge in [0.1, 0.15) is 0 Å². The molecule has 36 heavy (non-hydrogen) atoms. The zero-order chi connectivity index (χ0) is 23.5. The lowest BCUT2D eigenvalue weighted by Gasteiger charge is -2.27. The number of fused-ring (bicyclic) bond motifs is 1. The second-order valence-corrected chi connectivity index (χ2v) is 8.35. The highest BCUT2D eigenvalue weighted by Gasteiger charge is 2.21. The number of hydrogen-bond donors (Lipinski definition) is 3. The number of aliphatic imine (C=N–C) groups is 1. The number of nitro groups is 1. The molecule has 1 saturated heterocycles. The van der Waals surface area contributed by atoms with E-state index >= 15 is 0 Å². The molecular weight excluding hydrogens is 501 g/mol. The summed E-state index contributed by atoms with van der Waals surface area (Å²) in [6, 6.07) is 22.1. The van der Waals surface area contributed by atoms with Crippen molar-refractivity contribution in [1.82, 2.24) is 15.2 Å². The van der Waals surface area contributed by atoms with Crippen LogP contribution in [0.3, 0.4) is 0 Å². The quantitative estimate of drug-likeness (QED) is 0.181. The molecule has 8 nitrogen and oxygen atoms in total. The van der Waals surface area contributed by atoms with Crippen molar-refractivity contribution >= 4 is 52.8 Å². The van der Waals surface area contributed by atoms with E-state index in [4.69, 9.17) is 4.99 Å². The Morgan fingerprint density at radius 2 is 1.69 bits per heavy atom. The SMILES string of the molecule is Cl.Cl.O=[N+]([O-])c1ccc2[nH]c(O)c(C(=Nc3ccc(CN4CCNCC4)cc3)c3ccccc3)c2c1. The predicted molar refractivity (Wildman–Crippen MR) is 147 cm³/mol. The second kappa shape index (κ2) is 12.0. The van der Waals surface area contributed by atoms with Crippen LogP contribution in [-0.4, -0.2) is 51.8 Å². The van der Waals surface area contributed by atoms with E-state index in [0.717, 1.165) is 44.0 Å². The van der Waals surface area contributed by atoms with E-state index in [0.29, 0.717) is 22.2 Å². The van der Waals surface area contributed by atoms with Crippen molar-refractivity contribution in [2.24, 2.45) is 4.99 Å². The van der Waals surface area contributed by atoms with E-state index in [1.165, 1.54) is 17.7 Å². The third-order valence-corrected chi connectivity index (χ3v) is 6.05. The number of rotatable bonds is 6. The van der Waals surface area contributed by atoms with Crippen molar-refractivity contribution in [3.63, 3.8) is 0 Å². The smallest absolute Gasteiger partial charge is 0.270 e. The van der Waals surface area contributed by atoms with Gasteiger partial charge in [0, 0.05) is 61.3 Å². The van der Waals surface area contributed by atoms with E-state index in [2.05, 4.69) is 27.3 Å². The highest BCUT2D eigenvalue weighted by Crippen LogP contribution is 2.33. The first-order chi connectivity index (χ1) is 16.6. The Morgan fingerprint density at radius 1 is 1.00 bits per heavy atom. The third-order valence-electron chi connectivity index (χ3n) is 6.05. The zero-order valence-corrected chi connectivity index (χ0v) is 21.0. The van der Waals surface area contributed by atoms with Crippen molar-refractivity contribution < 1.29 is 10.0 Å². The van der Waals surface area contributed by atoms with Crippen molar-refractivity contribution in [3.05, 3.63) is 99.6 Å². The molecule has 188 valence electrons. The number of nitro benzene ring substituents is 1. The van der Waals surface area contributed by atoms with Gasteiger partial charge in [-0.2, -0.15) is 0 Å². The number of aromatic nitrogens is 1. The monoisotopic (exact) mass is 527 g/mol. The summed E-state index contributed by atoms with van der Waals surface area (Å²) in [7, 11) is 0. The summed E-state index contributed by atoms with van der Waals surface area (Å²) < 4.78 is 0. The van der Waals surface area contributed by atoms with Gasteiger partial charge in [0.05, 0.1) is 21.9 Å². The van der Waals surface area contributed by atoms with Crippen LogP contribution < -0.4 is 5.32 Å². The van der Waals surface area contributed by atoms with Crippen LogP contribution in [0.15, 0.2) is 77.8 Å². The summed E-state index contributed by atoms with van der Waals surface area (Å²) in [6.07, 6.45) is 0. The minimum absolute atomic E-state index is 0. The number of nitrogens with zero attached hydrogens (tertiary/aromatic N) is 3. The molecule has 0 atom stereocenters. The molecule has 0 saturated carbocycles. The Bertz CT molecular complexity index is 1350. The Hall–Kier alpha value is -3.43. The lowest BCUT2D eigenvalue weighted by molar-refractivity contribution is -0.384. The predicted octanol–water partition coefficient (Wildman–Crippen LogP) is 5.20. The first-order valence-corrected chi connectivity index (χ1v) is 11.2. The molecule has 10 heteroatoms. The Labute approximate surface area is 221 Å². The Morgan fingerprint density at radius 3 is 2.36 bits per heavy atom. The molecule has 0 aliphatic carbocycles. The van der Waals surface area contributed by atoms with E-state index in [-0.39, 0.29) is 36.4 Å². The molecule has 0 radical (unpaired) electrons. The fraction of sp³-hybridized carbons (Fsp3) is 0.192. The number of aromatic hydroxyl groups is 1. The average molecular weight is 528 g/mol. The van der Waals surface area contributed by atoms with Crippen molar-refractivity contribution in [3.8, 4) is 5.88 Å². The number of hydrogen-bond acceptors (Lipinski definition) is 6. The first-order valence-electron chi connectivity index (χ1n) is 11.2. The summed E-state index contributed by atoms with van der Waals surface area (Å²) in [4.78, 5) is 21.2. The summed E-state index contributed by atoms with van der Waals surface area (Å²) >= 11 is 0. The van der Waals surface area contributed by atoms with Gasteiger partial charge in [-0.25, -0.2) is 4.99 Å². The molecule has 0 amide bonds. The lowest BCUT2D eigenvalue weighted by Crippen LogP contribution is -2.42. The van der Waals surface area contributed by atoms with E-state index in [9.17, 15) is 15.2 Å². The van der Waals surface area contributed by atoms with Crippen molar-refractivity contribution in [2.75, 3.05) is 26.2 Å². The lowest BCUT2D eigenvalue weighted by atomic mass is 10.0. The first kappa shape index (κ1) is 27.2. The molecule has 3 N–H and O–H groups in total. The minimum Gasteiger partial charge on any atom is -0.494 e. The molecule has 0 unspecified atom stereocenters. The largest absolute Gasteiger partial charge is 0.494 e. The van der Waals surface area contributed by atoms with Gasteiger partial charge in [-0.3, -0.25) is 15.0 Å². The van der Waals surface area contributed by atoms with Crippen LogP contribution in [0.4, 0.5) is 11.4 Å². The summed E-state index contributed by atoms with van der Waals surface area (Å²) in [6.45, 7) is 4.97. The Balaban J connectivity index is 0.00000180. The maximum atomic E-state index is 11.4. The molecule has 2 heterocycles. The van der Waals surface area contributed by atoms with Gasteiger partial charge in [-0.1, -0.05) is 42.5 Å². The van der Waals surface area contributed by atoms with Crippen LogP contribution in [0, 0.1) is 10.1 Å². The number of aromatic amines is 1. The van der Waals surface area contributed by atoms with Crippen LogP contribution in [-0.2, 0) is 6.54 Å². The maximum absolute atomic E-state index is 11.4. The van der Waals surface area contributed by atoms with Crippen molar-refractivity contribution in [1.29, 1.82) is 0 Å². The number of benzene rings is 3. The zero-order valence-electron chi connectivity index (χ0n) is 19.4. The van der Waals surface area contributed by atoms with E-state index < -0.39 is 4.92 Å². The van der Waals surface area contributed by atoms with Gasteiger partial charge in [-0.05, 0) is 23.8 Å². The maximum Gasteiger partial charge on any atom is 0.270 e. The number of H-pyrrole nitrogens is 1. The normalized spacial score (nSPS) is 14.2. The molecular formula is C26H27Cl2N5O3. The van der Waals surface area contributed by atoms with Crippen LogP contribution in [0.1, 0.15) is 16.7 Å². The van der Waals surface area contributed by atoms with Gasteiger partial charge in [-0.15, -0.1) is 24.8 Å². The molecule has 4 aromatic rings. The second-order valence-electron chi connectivity index (χ2n) is 8.35. The van der Waals surface area contributed by atoms with Crippen LogP contribution >= 0.6 is 24.8 Å². The van der Waals surface area contributed by atoms with Gasteiger partial charge < -0.3 is 15.4 Å². The molecule has 1 fully saturated rings. The molecule has 0 bridgehead atoms. The molecule has 5 rings (SSSR count). The van der Waals surface area contributed by atoms with Crippen LogP contribution in [0.25, 0.3) is 10.9 Å². The third kappa shape index (κ3) is 5.85. The highest BCUT2D eigenvalue weighted by atomic mass is 35.5. The number of piperazine rings is 1. The van der Waals surface area contributed by atoms with Gasteiger partial charge in [0.2, 0.25) is 0 Å². The standard InChI is InChI=1S/C26H25N5O3.2ClH/c32-26-24(22-16-21(31(33)34)10-11-23(22)29-26)25(19-4-2-1-3-5-19)28-20-8-6-18(7-9-20)17-30-14-12-27-13-15-30;;/h1-11,16,27,29,32H,12-15,17H2;2*1H. The van der Waals surface area contributed by atoms with Gasteiger partial charge in [0.15, 0.2) is 5.88 Å². The van der Waals surface area contributed by atoms with Gasteiger partial charge in [0.25, 0.3) is 5.69 Å². The molecule has 3 aromatic carbocycles. The number of nitrogens with one attached hydrogen (secondary N) is 2. The molecule has 0 spiro atoms. The Kier molecular flexibility index (Phi) is 9.06. The fourth-order valence-electron chi connectivity index (χ4n) is 4.31. The molecule has 1 aromatic heterocycles. The summed E-state index contributed by atoms with van der Waals surface area (Å²) in [5.74, 6) is -0.0755. The van der Waals surface area contributed by atoms with Gasteiger partial charge >= 0.3 is 0 Å². The fourth-order valence-corrected chi connectivity index (χ4v) is 4.31. The number of halogens is 2. The summed E-state index contributed by atoms with van der Waals surface area (Å²) in [5, 5.41) is 26.1. The van der Waals surface area contributed by atoms with Crippen LogP contribution in [0.5, 0.6) is 5.88 Å². The highest BCUT2D eigenvalue weighted by molar-refractivity contribution is 6.22. The minimum atomic E-state index is -0.441. The van der Waals surface area contributed by atoms with Crippen LogP contribution in [0.2, 0.25) is 0 Å². The molecule has 1 aliphatic heterocycles. The topological polar surface area (TPSA) is 107 Å².